The Labute approximate surface area is 186 Å². The molecule has 0 fully saturated rings. The van der Waals surface area contributed by atoms with E-state index >= 15 is 0 Å². The molecule has 0 spiro atoms. The van der Waals surface area contributed by atoms with Gasteiger partial charge in [0.15, 0.2) is 0 Å². The van der Waals surface area contributed by atoms with Crippen molar-refractivity contribution in [3.63, 3.8) is 0 Å². The summed E-state index contributed by atoms with van der Waals surface area (Å²) in [6.45, 7) is 21.1. The number of benzene rings is 1. The van der Waals surface area contributed by atoms with E-state index in [0.717, 1.165) is 11.1 Å². The van der Waals surface area contributed by atoms with E-state index in [9.17, 15) is 10.1 Å². The molecule has 4 rings (SSSR count). The van der Waals surface area contributed by atoms with Crippen molar-refractivity contribution in [2.75, 3.05) is 0 Å². The van der Waals surface area contributed by atoms with Crippen LogP contribution in [0.3, 0.4) is 0 Å². The Morgan fingerprint density at radius 1 is 1.06 bits per heavy atom. The Balaban J connectivity index is 0.00000132. The summed E-state index contributed by atoms with van der Waals surface area (Å²) in [4.78, 5) is 11.0. The van der Waals surface area contributed by atoms with Crippen LogP contribution in [0.4, 0.5) is 0 Å². The highest BCUT2D eigenvalue weighted by atomic mass is 16.6. The van der Waals surface area contributed by atoms with Gasteiger partial charge in [0, 0.05) is 15.8 Å². The van der Waals surface area contributed by atoms with Gasteiger partial charge in [-0.15, -0.1) is 0 Å². The molecule has 0 saturated carbocycles. The highest BCUT2D eigenvalue weighted by molar-refractivity contribution is 5.93. The third kappa shape index (κ3) is 3.37. The fourth-order valence-electron chi connectivity index (χ4n) is 5.00. The number of hydrogen-bond acceptors (Lipinski definition) is 2. The maximum Gasteiger partial charge on any atom is 0.249 e. The van der Waals surface area contributed by atoms with Crippen molar-refractivity contribution in [1.82, 2.24) is 0 Å². The molecule has 162 valence electrons. The van der Waals surface area contributed by atoms with Crippen molar-refractivity contribution < 1.29 is 4.92 Å². The highest BCUT2D eigenvalue weighted by Gasteiger charge is 2.42. The fraction of sp³-hybridized carbons (Fsp3) is 0.357. The van der Waals surface area contributed by atoms with Crippen LogP contribution in [-0.4, -0.2) is 11.0 Å². The van der Waals surface area contributed by atoms with Gasteiger partial charge in [-0.25, -0.2) is 0 Å². The van der Waals surface area contributed by atoms with Gasteiger partial charge in [-0.1, -0.05) is 79.0 Å². The first-order chi connectivity index (χ1) is 14.6. The molecule has 1 aromatic carbocycles. The quantitative estimate of drug-likeness (QED) is 0.288. The van der Waals surface area contributed by atoms with E-state index in [0.29, 0.717) is 6.42 Å². The maximum absolute atomic E-state index is 11.3. The number of hydrogen-bond donors (Lipinski definition) is 0. The first-order valence-electron chi connectivity index (χ1n) is 11.0. The van der Waals surface area contributed by atoms with Gasteiger partial charge in [-0.3, -0.25) is 10.1 Å². The average molecular weight is 416 g/mol. The van der Waals surface area contributed by atoms with Crippen LogP contribution >= 0.6 is 0 Å². The highest BCUT2D eigenvalue weighted by Crippen LogP contribution is 2.55. The standard InChI is InChI=1S/C26H27NO2.C2H6/c1-7-9-18-16(2)25(3,4)23-15-21-19-11-8-10-17(27(28)29)12-13-22(19)26(5,6)24(21)14-20(18)23;1-2/h7-10,12-15,17H,1-2,11H2,3-6H3;1-2H3/b10-8-,13-12?,18-9+;. The molecule has 0 amide bonds. The normalized spacial score (nSPS) is 24.4. The van der Waals surface area contributed by atoms with Gasteiger partial charge in [0.2, 0.25) is 6.04 Å². The van der Waals surface area contributed by atoms with E-state index in [-0.39, 0.29) is 15.8 Å². The topological polar surface area (TPSA) is 43.1 Å². The van der Waals surface area contributed by atoms with Gasteiger partial charge < -0.3 is 0 Å². The van der Waals surface area contributed by atoms with E-state index in [1.54, 1.807) is 12.2 Å². The Kier molecular flexibility index (Phi) is 5.84. The molecular weight excluding hydrogens is 382 g/mol. The molecule has 0 radical (unpaired) electrons. The number of nitrogens with zero attached hydrogens (tertiary/aromatic N) is 1. The molecule has 0 aliphatic heterocycles. The molecule has 1 aromatic rings. The summed E-state index contributed by atoms with van der Waals surface area (Å²) >= 11 is 0. The molecule has 3 heteroatoms. The monoisotopic (exact) mass is 415 g/mol. The molecule has 3 aliphatic rings. The second-order valence-corrected chi connectivity index (χ2v) is 9.15. The van der Waals surface area contributed by atoms with Crippen molar-refractivity contribution in [1.29, 1.82) is 0 Å². The second-order valence-electron chi connectivity index (χ2n) is 9.15. The van der Waals surface area contributed by atoms with Crippen molar-refractivity contribution in [2.45, 2.75) is 64.8 Å². The maximum atomic E-state index is 11.3. The van der Waals surface area contributed by atoms with Crippen LogP contribution in [0.2, 0.25) is 0 Å². The minimum Gasteiger partial charge on any atom is -0.264 e. The van der Waals surface area contributed by atoms with Gasteiger partial charge >= 0.3 is 0 Å². The molecule has 0 saturated heterocycles. The predicted octanol–water partition coefficient (Wildman–Crippen LogP) is 7.34. The summed E-state index contributed by atoms with van der Waals surface area (Å²) in [6.07, 6.45) is 11.9. The van der Waals surface area contributed by atoms with Crippen LogP contribution in [0, 0.1) is 10.1 Å². The van der Waals surface area contributed by atoms with Gasteiger partial charge in [0.1, 0.15) is 0 Å². The summed E-state index contributed by atoms with van der Waals surface area (Å²) in [7, 11) is 0. The summed E-state index contributed by atoms with van der Waals surface area (Å²) < 4.78 is 0. The van der Waals surface area contributed by atoms with Crippen LogP contribution in [0.25, 0.3) is 11.1 Å². The lowest BCUT2D eigenvalue weighted by Crippen LogP contribution is -2.19. The van der Waals surface area contributed by atoms with Crippen molar-refractivity contribution in [3.05, 3.63) is 105 Å². The Morgan fingerprint density at radius 2 is 1.68 bits per heavy atom. The third-order valence-corrected chi connectivity index (χ3v) is 6.84. The average Bonchev–Trinajstić information content (AvgIpc) is 3.01. The zero-order valence-corrected chi connectivity index (χ0v) is 19.6. The lowest BCUT2D eigenvalue weighted by atomic mass is 9.78. The van der Waals surface area contributed by atoms with Crippen LogP contribution in [-0.2, 0) is 10.8 Å². The number of nitro groups is 1. The molecular formula is C28H33NO2. The number of rotatable bonds is 2. The number of fused-ring (bicyclic) bond motifs is 3. The van der Waals surface area contributed by atoms with Gasteiger partial charge in [0.05, 0.1) is 0 Å². The summed E-state index contributed by atoms with van der Waals surface area (Å²) in [5, 5.41) is 11.3. The van der Waals surface area contributed by atoms with Gasteiger partial charge in [-0.2, -0.15) is 0 Å². The molecule has 0 bridgehead atoms. The fourth-order valence-corrected chi connectivity index (χ4v) is 5.00. The predicted molar refractivity (Wildman–Crippen MR) is 132 cm³/mol. The van der Waals surface area contributed by atoms with Crippen molar-refractivity contribution in [2.24, 2.45) is 0 Å². The Hall–Kier alpha value is -2.94. The van der Waals surface area contributed by atoms with E-state index < -0.39 is 6.04 Å². The van der Waals surface area contributed by atoms with Gasteiger partial charge in [-0.05, 0) is 75.3 Å². The molecule has 1 unspecified atom stereocenters. The Morgan fingerprint density at radius 3 is 2.29 bits per heavy atom. The molecule has 1 atom stereocenters. The molecule has 0 aromatic heterocycles. The minimum atomic E-state index is -0.766. The lowest BCUT2D eigenvalue weighted by molar-refractivity contribution is -0.496. The molecule has 31 heavy (non-hydrogen) atoms. The van der Waals surface area contributed by atoms with Crippen LogP contribution in [0.1, 0.15) is 70.2 Å². The van der Waals surface area contributed by atoms with Gasteiger partial charge in [0.25, 0.3) is 0 Å². The van der Waals surface area contributed by atoms with Crippen molar-refractivity contribution >= 4 is 11.1 Å². The first-order valence-corrected chi connectivity index (χ1v) is 11.0. The first kappa shape index (κ1) is 22.7. The van der Waals surface area contributed by atoms with E-state index in [1.807, 2.05) is 32.1 Å². The zero-order chi connectivity index (χ0) is 23.1. The smallest absolute Gasteiger partial charge is 0.249 e. The van der Waals surface area contributed by atoms with Crippen LogP contribution < -0.4 is 0 Å². The zero-order valence-electron chi connectivity index (χ0n) is 19.6. The third-order valence-electron chi connectivity index (χ3n) is 6.84. The van der Waals surface area contributed by atoms with E-state index in [1.165, 1.54) is 33.4 Å². The molecule has 3 aliphatic carbocycles. The molecule has 0 N–H and O–H groups in total. The van der Waals surface area contributed by atoms with E-state index in [2.05, 4.69) is 59.1 Å². The molecule has 0 heterocycles. The van der Waals surface area contributed by atoms with Crippen LogP contribution in [0.15, 0.2) is 72.9 Å². The number of allylic oxidation sites excluding steroid dienone is 8. The Bertz CT molecular complexity index is 1090. The largest absolute Gasteiger partial charge is 0.264 e. The summed E-state index contributed by atoms with van der Waals surface area (Å²) in [5.74, 6) is 0. The summed E-state index contributed by atoms with van der Waals surface area (Å²) in [5.41, 5.74) is 9.42. The second kappa shape index (κ2) is 7.96. The minimum absolute atomic E-state index is 0.142. The van der Waals surface area contributed by atoms with Crippen molar-refractivity contribution in [3.8, 4) is 0 Å². The molecule has 3 nitrogen and oxygen atoms in total. The van der Waals surface area contributed by atoms with E-state index in [4.69, 9.17) is 0 Å². The van der Waals surface area contributed by atoms with Crippen LogP contribution in [0.5, 0.6) is 0 Å². The SMILES string of the molecule is C=C/C=C1\C(=C)C(C)(C)c2cc3c(cc21)C(C)(C)C1=C3C/C=C\C([N+](=O)[O-])C=C1.CC. The summed E-state index contributed by atoms with van der Waals surface area (Å²) in [6, 6.07) is 3.88. The lowest BCUT2D eigenvalue weighted by Gasteiger charge is -2.25.